The SMILES string of the molecule is COc1ccccc1C1(NCc2ccc(OCC(=O)N3CCOCC3)cc2)CCCC1. The standard InChI is InChI=1S/C25H32N2O4/c1-29-23-7-3-2-6-22(23)25(12-4-5-13-25)26-18-20-8-10-21(11-9-20)31-19-24(28)27-14-16-30-17-15-27/h2-3,6-11,26H,4-5,12-19H2,1H3. The number of hydrogen-bond donors (Lipinski definition) is 1. The van der Waals surface area contributed by atoms with Gasteiger partial charge in [0.05, 0.1) is 20.3 Å². The molecule has 1 aliphatic carbocycles. The zero-order valence-corrected chi connectivity index (χ0v) is 18.3. The number of nitrogens with zero attached hydrogens (tertiary/aromatic N) is 1. The van der Waals surface area contributed by atoms with Crippen LogP contribution in [0.25, 0.3) is 0 Å². The first-order valence-corrected chi connectivity index (χ1v) is 11.2. The molecule has 6 nitrogen and oxygen atoms in total. The average Bonchev–Trinajstić information content (AvgIpc) is 3.32. The number of hydrogen-bond acceptors (Lipinski definition) is 5. The third-order valence-corrected chi connectivity index (χ3v) is 6.36. The minimum Gasteiger partial charge on any atom is -0.496 e. The van der Waals surface area contributed by atoms with E-state index in [0.717, 1.165) is 25.1 Å². The highest BCUT2D eigenvalue weighted by Crippen LogP contribution is 2.42. The highest BCUT2D eigenvalue weighted by molar-refractivity contribution is 5.77. The lowest BCUT2D eigenvalue weighted by molar-refractivity contribution is -0.137. The van der Waals surface area contributed by atoms with E-state index >= 15 is 0 Å². The molecule has 1 heterocycles. The van der Waals surface area contributed by atoms with Crippen molar-refractivity contribution in [1.82, 2.24) is 10.2 Å². The Hall–Kier alpha value is -2.57. The molecule has 166 valence electrons. The molecule has 1 saturated carbocycles. The van der Waals surface area contributed by atoms with Crippen LogP contribution in [0.15, 0.2) is 48.5 Å². The van der Waals surface area contributed by atoms with E-state index in [1.54, 1.807) is 12.0 Å². The fraction of sp³-hybridized carbons (Fsp3) is 0.480. The van der Waals surface area contributed by atoms with Gasteiger partial charge < -0.3 is 24.4 Å². The molecule has 1 amide bonds. The molecule has 1 N–H and O–H groups in total. The molecule has 6 heteroatoms. The lowest BCUT2D eigenvalue weighted by atomic mass is 9.87. The molecule has 2 fully saturated rings. The zero-order chi connectivity index (χ0) is 21.5. The Bertz CT molecular complexity index is 856. The van der Waals surface area contributed by atoms with Crippen LogP contribution in [-0.2, 0) is 21.6 Å². The summed E-state index contributed by atoms with van der Waals surface area (Å²) in [4.78, 5) is 14.0. The van der Waals surface area contributed by atoms with E-state index in [1.165, 1.54) is 24.0 Å². The van der Waals surface area contributed by atoms with Crippen molar-refractivity contribution in [3.05, 3.63) is 59.7 Å². The molecule has 2 aromatic carbocycles. The highest BCUT2D eigenvalue weighted by Gasteiger charge is 2.37. The van der Waals surface area contributed by atoms with E-state index in [0.29, 0.717) is 32.1 Å². The van der Waals surface area contributed by atoms with Gasteiger partial charge in [-0.3, -0.25) is 4.79 Å². The van der Waals surface area contributed by atoms with Crippen LogP contribution in [0.1, 0.15) is 36.8 Å². The van der Waals surface area contributed by atoms with Crippen LogP contribution in [0, 0.1) is 0 Å². The summed E-state index contributed by atoms with van der Waals surface area (Å²) in [5.41, 5.74) is 2.39. The Kier molecular flexibility index (Phi) is 7.10. The van der Waals surface area contributed by atoms with E-state index in [1.807, 2.05) is 24.3 Å². The summed E-state index contributed by atoms with van der Waals surface area (Å²) in [6.45, 7) is 3.31. The van der Waals surface area contributed by atoms with Gasteiger partial charge in [0.25, 0.3) is 5.91 Å². The third-order valence-electron chi connectivity index (χ3n) is 6.36. The second-order valence-corrected chi connectivity index (χ2v) is 8.27. The van der Waals surface area contributed by atoms with Gasteiger partial charge in [-0.05, 0) is 36.6 Å². The summed E-state index contributed by atoms with van der Waals surface area (Å²) in [5, 5.41) is 3.82. The molecule has 0 aromatic heterocycles. The summed E-state index contributed by atoms with van der Waals surface area (Å²) in [6.07, 6.45) is 4.65. The van der Waals surface area contributed by atoms with Crippen molar-refractivity contribution in [3.63, 3.8) is 0 Å². The lowest BCUT2D eigenvalue weighted by Crippen LogP contribution is -2.42. The minimum atomic E-state index is -0.0493. The molecule has 0 spiro atoms. The smallest absolute Gasteiger partial charge is 0.260 e. The fourth-order valence-electron chi connectivity index (χ4n) is 4.58. The Morgan fingerprint density at radius 3 is 2.48 bits per heavy atom. The van der Waals surface area contributed by atoms with Gasteiger partial charge in [0.15, 0.2) is 6.61 Å². The molecular weight excluding hydrogens is 392 g/mol. The maximum atomic E-state index is 12.2. The van der Waals surface area contributed by atoms with Crippen LogP contribution in [-0.4, -0.2) is 50.8 Å². The van der Waals surface area contributed by atoms with Crippen LogP contribution >= 0.6 is 0 Å². The van der Waals surface area contributed by atoms with Gasteiger partial charge in [0.1, 0.15) is 11.5 Å². The van der Waals surface area contributed by atoms with Crippen molar-refractivity contribution in [2.45, 2.75) is 37.8 Å². The quantitative estimate of drug-likeness (QED) is 0.703. The van der Waals surface area contributed by atoms with Gasteiger partial charge in [0.2, 0.25) is 0 Å². The van der Waals surface area contributed by atoms with Gasteiger partial charge in [-0.1, -0.05) is 43.2 Å². The Morgan fingerprint density at radius 1 is 1.06 bits per heavy atom. The van der Waals surface area contributed by atoms with E-state index in [-0.39, 0.29) is 18.1 Å². The largest absolute Gasteiger partial charge is 0.496 e. The number of para-hydroxylation sites is 1. The predicted molar refractivity (Wildman–Crippen MR) is 119 cm³/mol. The fourth-order valence-corrected chi connectivity index (χ4v) is 4.58. The third kappa shape index (κ3) is 5.20. The van der Waals surface area contributed by atoms with Crippen molar-refractivity contribution in [3.8, 4) is 11.5 Å². The van der Waals surface area contributed by atoms with Crippen molar-refractivity contribution >= 4 is 5.91 Å². The summed E-state index contributed by atoms with van der Waals surface area (Å²) in [7, 11) is 1.74. The van der Waals surface area contributed by atoms with Crippen LogP contribution in [0.4, 0.5) is 0 Å². The molecular formula is C25H32N2O4. The number of morpholine rings is 1. The first kappa shape index (κ1) is 21.7. The predicted octanol–water partition coefficient (Wildman–Crippen LogP) is 3.49. The summed E-state index contributed by atoms with van der Waals surface area (Å²) in [5.74, 6) is 1.67. The number of ether oxygens (including phenoxy) is 3. The second-order valence-electron chi connectivity index (χ2n) is 8.27. The first-order valence-electron chi connectivity index (χ1n) is 11.2. The molecule has 2 aromatic rings. The maximum absolute atomic E-state index is 12.2. The van der Waals surface area contributed by atoms with E-state index in [2.05, 4.69) is 29.6 Å². The molecule has 1 aliphatic heterocycles. The topological polar surface area (TPSA) is 60.0 Å². The van der Waals surface area contributed by atoms with Crippen LogP contribution in [0.2, 0.25) is 0 Å². The molecule has 0 radical (unpaired) electrons. The number of rotatable bonds is 8. The minimum absolute atomic E-state index is 0.00836. The second kappa shape index (κ2) is 10.2. The Morgan fingerprint density at radius 2 is 1.77 bits per heavy atom. The number of methoxy groups -OCH3 is 1. The van der Waals surface area contributed by atoms with Crippen LogP contribution in [0.5, 0.6) is 11.5 Å². The first-order chi connectivity index (χ1) is 15.2. The van der Waals surface area contributed by atoms with E-state index in [9.17, 15) is 4.79 Å². The zero-order valence-electron chi connectivity index (χ0n) is 18.3. The number of benzene rings is 2. The van der Waals surface area contributed by atoms with Gasteiger partial charge in [-0.25, -0.2) is 0 Å². The monoisotopic (exact) mass is 424 g/mol. The van der Waals surface area contributed by atoms with Gasteiger partial charge in [-0.15, -0.1) is 0 Å². The number of amides is 1. The normalized spacial score (nSPS) is 18.0. The number of nitrogens with one attached hydrogen (secondary N) is 1. The number of carbonyl (C=O) groups excluding carboxylic acids is 1. The van der Waals surface area contributed by atoms with Gasteiger partial charge >= 0.3 is 0 Å². The molecule has 1 saturated heterocycles. The van der Waals surface area contributed by atoms with E-state index < -0.39 is 0 Å². The molecule has 31 heavy (non-hydrogen) atoms. The Labute approximate surface area is 184 Å². The molecule has 4 rings (SSSR count). The molecule has 0 bridgehead atoms. The van der Waals surface area contributed by atoms with Crippen LogP contribution in [0.3, 0.4) is 0 Å². The highest BCUT2D eigenvalue weighted by atomic mass is 16.5. The molecule has 2 aliphatic rings. The van der Waals surface area contributed by atoms with Crippen LogP contribution < -0.4 is 14.8 Å². The lowest BCUT2D eigenvalue weighted by Gasteiger charge is -2.32. The maximum Gasteiger partial charge on any atom is 0.260 e. The van der Waals surface area contributed by atoms with Crippen molar-refractivity contribution in [2.75, 3.05) is 40.0 Å². The Balaban J connectivity index is 1.34. The van der Waals surface area contributed by atoms with Crippen molar-refractivity contribution in [1.29, 1.82) is 0 Å². The average molecular weight is 425 g/mol. The summed E-state index contributed by atoms with van der Waals surface area (Å²) in [6, 6.07) is 16.3. The van der Waals surface area contributed by atoms with Crippen molar-refractivity contribution < 1.29 is 19.0 Å². The van der Waals surface area contributed by atoms with Gasteiger partial charge in [-0.2, -0.15) is 0 Å². The molecule has 0 atom stereocenters. The van der Waals surface area contributed by atoms with E-state index in [4.69, 9.17) is 14.2 Å². The summed E-state index contributed by atoms with van der Waals surface area (Å²) >= 11 is 0. The van der Waals surface area contributed by atoms with Crippen molar-refractivity contribution in [2.24, 2.45) is 0 Å². The number of carbonyl (C=O) groups is 1. The molecule has 0 unspecified atom stereocenters. The van der Waals surface area contributed by atoms with Gasteiger partial charge in [0, 0.05) is 30.7 Å². The summed E-state index contributed by atoms with van der Waals surface area (Å²) < 4.78 is 16.6.